The zero-order chi connectivity index (χ0) is 13.0. The van der Waals surface area contributed by atoms with E-state index in [9.17, 15) is 0 Å². The fourth-order valence-corrected chi connectivity index (χ4v) is 2.85. The molecule has 0 fully saturated rings. The largest absolute Gasteiger partial charge is 0.308 e. The summed E-state index contributed by atoms with van der Waals surface area (Å²) in [6.07, 6.45) is 2.32. The highest BCUT2D eigenvalue weighted by atomic mass is 32.1. The van der Waals surface area contributed by atoms with E-state index in [1.807, 2.05) is 14.0 Å². The van der Waals surface area contributed by atoms with Crippen LogP contribution in [-0.4, -0.2) is 12.0 Å². The minimum Gasteiger partial charge on any atom is -0.308 e. The van der Waals surface area contributed by atoms with Crippen molar-refractivity contribution in [3.8, 4) is 0 Å². The van der Waals surface area contributed by atoms with Gasteiger partial charge in [0.25, 0.3) is 0 Å². The van der Waals surface area contributed by atoms with E-state index in [1.54, 1.807) is 11.3 Å². The van der Waals surface area contributed by atoms with Gasteiger partial charge in [-0.25, -0.2) is 4.98 Å². The zero-order valence-corrected chi connectivity index (χ0v) is 12.1. The number of rotatable bonds is 5. The molecular weight excluding hydrogens is 240 g/mol. The number of hydrogen-bond acceptors (Lipinski definition) is 3. The van der Waals surface area contributed by atoms with E-state index in [1.165, 1.54) is 17.5 Å². The lowest BCUT2D eigenvalue weighted by molar-refractivity contribution is 0.672. The average molecular weight is 260 g/mol. The topological polar surface area (TPSA) is 24.9 Å². The third-order valence-electron chi connectivity index (χ3n) is 3.04. The predicted molar refractivity (Wildman–Crippen MR) is 78.2 cm³/mol. The van der Waals surface area contributed by atoms with Crippen LogP contribution in [0.3, 0.4) is 0 Å². The highest BCUT2D eigenvalue weighted by molar-refractivity contribution is 7.09. The molecule has 2 rings (SSSR count). The second-order valence-corrected chi connectivity index (χ2v) is 5.57. The molecule has 0 amide bonds. The van der Waals surface area contributed by atoms with Crippen molar-refractivity contribution in [2.45, 2.75) is 32.7 Å². The van der Waals surface area contributed by atoms with Gasteiger partial charge in [0.15, 0.2) is 0 Å². The van der Waals surface area contributed by atoms with Crippen molar-refractivity contribution >= 4 is 11.3 Å². The summed E-state index contributed by atoms with van der Waals surface area (Å²) >= 11 is 1.71. The summed E-state index contributed by atoms with van der Waals surface area (Å²) in [6.45, 7) is 4.26. The lowest BCUT2D eigenvalue weighted by Crippen LogP contribution is -2.18. The molecule has 3 heteroatoms. The molecule has 0 spiro atoms. The van der Waals surface area contributed by atoms with Crippen molar-refractivity contribution in [1.82, 2.24) is 10.3 Å². The maximum Gasteiger partial charge on any atom is 0.0898 e. The first-order chi connectivity index (χ1) is 8.74. The van der Waals surface area contributed by atoms with E-state index in [4.69, 9.17) is 0 Å². The number of hydrogen-bond donors (Lipinski definition) is 1. The lowest BCUT2D eigenvalue weighted by atomic mass is 10.0. The summed E-state index contributed by atoms with van der Waals surface area (Å²) in [6, 6.07) is 9.01. The minimum atomic E-state index is 0.201. The van der Waals surface area contributed by atoms with E-state index in [-0.39, 0.29) is 6.04 Å². The van der Waals surface area contributed by atoms with E-state index in [2.05, 4.69) is 46.9 Å². The van der Waals surface area contributed by atoms with Gasteiger partial charge in [0.2, 0.25) is 0 Å². The summed E-state index contributed by atoms with van der Waals surface area (Å²) in [5, 5.41) is 6.62. The molecule has 0 saturated heterocycles. The standard InChI is InChI=1S/C15H20N2S/c1-4-6-12-7-5-8-13(9-12)15(16-3)14-10-18-11(2)17-14/h5,7-10,15-16H,4,6H2,1-3H3. The highest BCUT2D eigenvalue weighted by Crippen LogP contribution is 2.24. The van der Waals surface area contributed by atoms with Crippen LogP contribution in [0.2, 0.25) is 0 Å². The lowest BCUT2D eigenvalue weighted by Gasteiger charge is -2.15. The van der Waals surface area contributed by atoms with Gasteiger partial charge in [-0.15, -0.1) is 11.3 Å². The van der Waals surface area contributed by atoms with Crippen molar-refractivity contribution in [3.05, 3.63) is 51.5 Å². The number of aryl methyl sites for hydroxylation is 2. The van der Waals surface area contributed by atoms with Crippen LogP contribution in [0.25, 0.3) is 0 Å². The SMILES string of the molecule is CCCc1cccc(C(NC)c2csc(C)n2)c1. The summed E-state index contributed by atoms with van der Waals surface area (Å²) < 4.78 is 0. The number of nitrogens with zero attached hydrogens (tertiary/aromatic N) is 1. The van der Waals surface area contributed by atoms with Crippen molar-refractivity contribution in [1.29, 1.82) is 0 Å². The highest BCUT2D eigenvalue weighted by Gasteiger charge is 2.14. The van der Waals surface area contributed by atoms with Crippen molar-refractivity contribution in [3.63, 3.8) is 0 Å². The van der Waals surface area contributed by atoms with E-state index in [0.29, 0.717) is 0 Å². The Bertz CT molecular complexity index is 505. The van der Waals surface area contributed by atoms with Gasteiger partial charge in [-0.05, 0) is 31.5 Å². The molecule has 1 aromatic carbocycles. The Hall–Kier alpha value is -1.19. The molecule has 0 saturated carbocycles. The van der Waals surface area contributed by atoms with Crippen LogP contribution in [0.1, 0.15) is 41.2 Å². The van der Waals surface area contributed by atoms with Gasteiger partial charge in [0.1, 0.15) is 0 Å². The minimum absolute atomic E-state index is 0.201. The molecule has 1 unspecified atom stereocenters. The van der Waals surface area contributed by atoms with E-state index in [0.717, 1.165) is 17.1 Å². The quantitative estimate of drug-likeness (QED) is 0.886. The second kappa shape index (κ2) is 6.12. The van der Waals surface area contributed by atoms with E-state index < -0.39 is 0 Å². The molecule has 0 aliphatic heterocycles. The monoisotopic (exact) mass is 260 g/mol. The molecule has 96 valence electrons. The molecule has 1 heterocycles. The Morgan fingerprint density at radius 2 is 2.22 bits per heavy atom. The van der Waals surface area contributed by atoms with Crippen LogP contribution in [0.4, 0.5) is 0 Å². The van der Waals surface area contributed by atoms with Crippen molar-refractivity contribution in [2.24, 2.45) is 0 Å². The molecule has 1 aromatic heterocycles. The first-order valence-electron chi connectivity index (χ1n) is 6.42. The third-order valence-corrected chi connectivity index (χ3v) is 3.84. The molecule has 18 heavy (non-hydrogen) atoms. The fraction of sp³-hybridized carbons (Fsp3) is 0.400. The van der Waals surface area contributed by atoms with Crippen LogP contribution in [-0.2, 0) is 6.42 Å². The summed E-state index contributed by atoms with van der Waals surface area (Å²) in [5.74, 6) is 0. The first kappa shape index (κ1) is 13.2. The normalized spacial score (nSPS) is 12.6. The third kappa shape index (κ3) is 2.98. The maximum absolute atomic E-state index is 4.59. The Labute approximate surface area is 113 Å². The summed E-state index contributed by atoms with van der Waals surface area (Å²) in [7, 11) is 1.99. The predicted octanol–water partition coefficient (Wildman–Crippen LogP) is 3.71. The zero-order valence-electron chi connectivity index (χ0n) is 11.2. The molecule has 0 aliphatic rings. The Morgan fingerprint density at radius 3 is 2.83 bits per heavy atom. The average Bonchev–Trinajstić information content (AvgIpc) is 2.78. The van der Waals surface area contributed by atoms with E-state index >= 15 is 0 Å². The van der Waals surface area contributed by atoms with Gasteiger partial charge in [-0.3, -0.25) is 0 Å². The number of nitrogens with one attached hydrogen (secondary N) is 1. The Balaban J connectivity index is 2.29. The number of aromatic nitrogens is 1. The Morgan fingerprint density at radius 1 is 1.39 bits per heavy atom. The molecule has 2 aromatic rings. The van der Waals surface area contributed by atoms with Gasteiger partial charge >= 0.3 is 0 Å². The van der Waals surface area contributed by atoms with Crippen LogP contribution in [0, 0.1) is 6.92 Å². The van der Waals surface area contributed by atoms with Gasteiger partial charge in [-0.1, -0.05) is 37.6 Å². The number of benzene rings is 1. The first-order valence-corrected chi connectivity index (χ1v) is 7.30. The van der Waals surface area contributed by atoms with Gasteiger partial charge in [0, 0.05) is 5.38 Å². The van der Waals surface area contributed by atoms with Crippen molar-refractivity contribution in [2.75, 3.05) is 7.05 Å². The van der Waals surface area contributed by atoms with Crippen LogP contribution in [0.15, 0.2) is 29.6 Å². The molecule has 1 N–H and O–H groups in total. The molecule has 1 atom stereocenters. The second-order valence-electron chi connectivity index (χ2n) is 4.51. The van der Waals surface area contributed by atoms with Gasteiger partial charge in [-0.2, -0.15) is 0 Å². The maximum atomic E-state index is 4.59. The summed E-state index contributed by atoms with van der Waals surface area (Å²) in [5.41, 5.74) is 3.82. The van der Waals surface area contributed by atoms with Crippen LogP contribution in [0.5, 0.6) is 0 Å². The number of thiazole rings is 1. The molecule has 0 bridgehead atoms. The fourth-order valence-electron chi connectivity index (χ4n) is 2.21. The van der Waals surface area contributed by atoms with Crippen LogP contribution < -0.4 is 5.32 Å². The van der Waals surface area contributed by atoms with Crippen LogP contribution >= 0.6 is 11.3 Å². The molecular formula is C15H20N2S. The van der Waals surface area contributed by atoms with Crippen molar-refractivity contribution < 1.29 is 0 Å². The molecule has 0 aliphatic carbocycles. The Kier molecular flexibility index (Phi) is 4.50. The molecule has 0 radical (unpaired) electrons. The smallest absolute Gasteiger partial charge is 0.0898 e. The van der Waals surface area contributed by atoms with Gasteiger partial charge < -0.3 is 5.32 Å². The molecule has 2 nitrogen and oxygen atoms in total. The summed E-state index contributed by atoms with van der Waals surface area (Å²) in [4.78, 5) is 4.59. The van der Waals surface area contributed by atoms with Gasteiger partial charge in [0.05, 0.1) is 16.7 Å².